The SMILES string of the molecule is COc1ccc(NC(=O)N2CCCC(C)C2)cc1C. The number of benzene rings is 1. The van der Waals surface area contributed by atoms with Crippen molar-refractivity contribution in [3.8, 4) is 5.75 Å². The molecule has 0 aliphatic carbocycles. The van der Waals surface area contributed by atoms with E-state index in [9.17, 15) is 4.79 Å². The first kappa shape index (κ1) is 13.7. The second-order valence-electron chi connectivity index (χ2n) is 5.31. The van der Waals surface area contributed by atoms with Crippen LogP contribution in [0.15, 0.2) is 18.2 Å². The summed E-state index contributed by atoms with van der Waals surface area (Å²) in [7, 11) is 1.65. The smallest absolute Gasteiger partial charge is 0.321 e. The van der Waals surface area contributed by atoms with Gasteiger partial charge in [-0.3, -0.25) is 0 Å². The van der Waals surface area contributed by atoms with Gasteiger partial charge in [-0.2, -0.15) is 0 Å². The number of nitrogens with zero attached hydrogens (tertiary/aromatic N) is 1. The highest BCUT2D eigenvalue weighted by Crippen LogP contribution is 2.22. The largest absolute Gasteiger partial charge is 0.496 e. The van der Waals surface area contributed by atoms with Gasteiger partial charge < -0.3 is 15.0 Å². The van der Waals surface area contributed by atoms with Crippen LogP contribution >= 0.6 is 0 Å². The molecule has 1 unspecified atom stereocenters. The van der Waals surface area contributed by atoms with Gasteiger partial charge in [0, 0.05) is 18.8 Å². The lowest BCUT2D eigenvalue weighted by Crippen LogP contribution is -2.41. The Hall–Kier alpha value is -1.71. The van der Waals surface area contributed by atoms with Gasteiger partial charge >= 0.3 is 6.03 Å². The number of hydrogen-bond donors (Lipinski definition) is 1. The molecule has 104 valence electrons. The van der Waals surface area contributed by atoms with Gasteiger partial charge in [-0.25, -0.2) is 4.79 Å². The Morgan fingerprint density at radius 3 is 2.89 bits per heavy atom. The average Bonchev–Trinajstić information content (AvgIpc) is 2.39. The molecule has 0 saturated carbocycles. The molecule has 1 fully saturated rings. The highest BCUT2D eigenvalue weighted by atomic mass is 16.5. The van der Waals surface area contributed by atoms with Gasteiger partial charge in [-0.05, 0) is 49.4 Å². The predicted molar refractivity (Wildman–Crippen MR) is 76.7 cm³/mol. The van der Waals surface area contributed by atoms with E-state index in [-0.39, 0.29) is 6.03 Å². The van der Waals surface area contributed by atoms with Crippen molar-refractivity contribution in [2.24, 2.45) is 5.92 Å². The van der Waals surface area contributed by atoms with Crippen molar-refractivity contribution in [1.82, 2.24) is 4.90 Å². The molecule has 19 heavy (non-hydrogen) atoms. The summed E-state index contributed by atoms with van der Waals surface area (Å²) in [6.45, 7) is 5.86. The van der Waals surface area contributed by atoms with Gasteiger partial charge in [-0.1, -0.05) is 6.92 Å². The fourth-order valence-corrected chi connectivity index (χ4v) is 2.53. The van der Waals surface area contributed by atoms with Crippen molar-refractivity contribution in [3.63, 3.8) is 0 Å². The van der Waals surface area contributed by atoms with Crippen molar-refractivity contribution in [2.75, 3.05) is 25.5 Å². The Morgan fingerprint density at radius 1 is 1.47 bits per heavy atom. The molecule has 0 radical (unpaired) electrons. The number of methoxy groups -OCH3 is 1. The van der Waals surface area contributed by atoms with Crippen LogP contribution in [0.4, 0.5) is 10.5 Å². The number of amides is 2. The van der Waals surface area contributed by atoms with Crippen molar-refractivity contribution in [1.29, 1.82) is 0 Å². The molecule has 0 spiro atoms. The predicted octanol–water partition coefficient (Wildman–Crippen LogP) is 3.27. The quantitative estimate of drug-likeness (QED) is 0.888. The summed E-state index contributed by atoms with van der Waals surface area (Å²) in [5.74, 6) is 1.43. The molecular formula is C15H22N2O2. The maximum atomic E-state index is 12.2. The molecule has 2 rings (SSSR count). The van der Waals surface area contributed by atoms with Crippen LogP contribution in [0.2, 0.25) is 0 Å². The van der Waals surface area contributed by atoms with E-state index < -0.39 is 0 Å². The molecule has 0 aromatic heterocycles. The Bertz CT molecular complexity index is 459. The van der Waals surface area contributed by atoms with E-state index in [2.05, 4.69) is 12.2 Å². The van der Waals surface area contributed by atoms with Crippen molar-refractivity contribution >= 4 is 11.7 Å². The maximum Gasteiger partial charge on any atom is 0.321 e. The lowest BCUT2D eigenvalue weighted by Gasteiger charge is -2.31. The van der Waals surface area contributed by atoms with Gasteiger partial charge in [-0.15, -0.1) is 0 Å². The molecule has 4 nitrogen and oxygen atoms in total. The number of nitrogens with one attached hydrogen (secondary N) is 1. The fraction of sp³-hybridized carbons (Fsp3) is 0.533. The first-order valence-electron chi connectivity index (χ1n) is 6.80. The van der Waals surface area contributed by atoms with Gasteiger partial charge in [0.05, 0.1) is 7.11 Å². The molecule has 1 saturated heterocycles. The summed E-state index contributed by atoms with van der Waals surface area (Å²) >= 11 is 0. The van der Waals surface area contributed by atoms with E-state index >= 15 is 0 Å². The standard InChI is InChI=1S/C15H22N2O2/c1-11-5-4-8-17(10-11)15(18)16-13-6-7-14(19-3)12(2)9-13/h6-7,9,11H,4-5,8,10H2,1-3H3,(H,16,18). The third-order valence-electron chi connectivity index (χ3n) is 3.59. The molecule has 1 N–H and O–H groups in total. The molecule has 1 aliphatic heterocycles. The van der Waals surface area contributed by atoms with Crippen LogP contribution in [0, 0.1) is 12.8 Å². The molecule has 4 heteroatoms. The van der Waals surface area contributed by atoms with Gasteiger partial charge in [0.15, 0.2) is 0 Å². The van der Waals surface area contributed by atoms with Gasteiger partial charge in [0.1, 0.15) is 5.75 Å². The molecule has 1 aliphatic rings. The number of rotatable bonds is 2. The van der Waals surface area contributed by atoms with Crippen LogP contribution in [0.1, 0.15) is 25.3 Å². The first-order chi connectivity index (χ1) is 9.10. The summed E-state index contributed by atoms with van der Waals surface area (Å²) in [5, 5.41) is 2.96. The second-order valence-corrected chi connectivity index (χ2v) is 5.31. The monoisotopic (exact) mass is 262 g/mol. The molecular weight excluding hydrogens is 240 g/mol. The Labute approximate surface area is 114 Å². The number of likely N-dealkylation sites (tertiary alicyclic amines) is 1. The molecule has 1 aromatic rings. The van der Waals surface area contributed by atoms with E-state index in [1.54, 1.807) is 7.11 Å². The summed E-state index contributed by atoms with van der Waals surface area (Å²) in [5.41, 5.74) is 1.84. The summed E-state index contributed by atoms with van der Waals surface area (Å²) < 4.78 is 5.21. The summed E-state index contributed by atoms with van der Waals surface area (Å²) in [6, 6.07) is 5.68. The highest BCUT2D eigenvalue weighted by molar-refractivity contribution is 5.89. The first-order valence-corrected chi connectivity index (χ1v) is 6.80. The molecule has 1 heterocycles. The molecule has 1 atom stereocenters. The second kappa shape index (κ2) is 5.95. The minimum absolute atomic E-state index is 0.00360. The zero-order chi connectivity index (χ0) is 13.8. The Morgan fingerprint density at radius 2 is 2.26 bits per heavy atom. The van der Waals surface area contributed by atoms with Crippen molar-refractivity contribution in [2.45, 2.75) is 26.7 Å². The van der Waals surface area contributed by atoms with Crippen LogP contribution in [0.25, 0.3) is 0 Å². The van der Waals surface area contributed by atoms with E-state index in [1.807, 2.05) is 30.0 Å². The van der Waals surface area contributed by atoms with Crippen LogP contribution in [-0.4, -0.2) is 31.1 Å². The normalized spacial score (nSPS) is 19.1. The third kappa shape index (κ3) is 3.40. The third-order valence-corrected chi connectivity index (χ3v) is 3.59. The van der Waals surface area contributed by atoms with Crippen LogP contribution in [0.3, 0.4) is 0 Å². The zero-order valence-corrected chi connectivity index (χ0v) is 11.9. The molecule has 0 bridgehead atoms. The lowest BCUT2D eigenvalue weighted by molar-refractivity contribution is 0.182. The zero-order valence-electron chi connectivity index (χ0n) is 11.9. The number of ether oxygens (including phenoxy) is 1. The molecule has 2 amide bonds. The average molecular weight is 262 g/mol. The number of urea groups is 1. The molecule has 1 aromatic carbocycles. The highest BCUT2D eigenvalue weighted by Gasteiger charge is 2.20. The Balaban J connectivity index is 2.00. The summed E-state index contributed by atoms with van der Waals surface area (Å²) in [4.78, 5) is 14.1. The van der Waals surface area contributed by atoms with Gasteiger partial charge in [0.2, 0.25) is 0 Å². The number of carbonyl (C=O) groups is 1. The van der Waals surface area contributed by atoms with E-state index in [4.69, 9.17) is 4.74 Å². The number of piperidine rings is 1. The summed E-state index contributed by atoms with van der Waals surface area (Å²) in [6.07, 6.45) is 2.31. The number of hydrogen-bond acceptors (Lipinski definition) is 2. The Kier molecular flexibility index (Phi) is 4.30. The van der Waals surface area contributed by atoms with Crippen molar-refractivity contribution in [3.05, 3.63) is 23.8 Å². The van der Waals surface area contributed by atoms with E-state index in [1.165, 1.54) is 6.42 Å². The van der Waals surface area contributed by atoms with E-state index in [0.29, 0.717) is 5.92 Å². The number of aryl methyl sites for hydroxylation is 1. The minimum atomic E-state index is -0.00360. The number of carbonyl (C=O) groups excluding carboxylic acids is 1. The van der Waals surface area contributed by atoms with Gasteiger partial charge in [0.25, 0.3) is 0 Å². The van der Waals surface area contributed by atoms with E-state index in [0.717, 1.165) is 36.5 Å². The van der Waals surface area contributed by atoms with Crippen LogP contribution < -0.4 is 10.1 Å². The van der Waals surface area contributed by atoms with Crippen LogP contribution in [-0.2, 0) is 0 Å². The topological polar surface area (TPSA) is 41.6 Å². The van der Waals surface area contributed by atoms with Crippen molar-refractivity contribution < 1.29 is 9.53 Å². The number of anilines is 1. The lowest BCUT2D eigenvalue weighted by atomic mass is 10.0. The van der Waals surface area contributed by atoms with Crippen LogP contribution in [0.5, 0.6) is 5.75 Å². The maximum absolute atomic E-state index is 12.2. The minimum Gasteiger partial charge on any atom is -0.496 e. The fourth-order valence-electron chi connectivity index (χ4n) is 2.53.